The van der Waals surface area contributed by atoms with Gasteiger partial charge in [-0.05, 0) is 18.1 Å². The van der Waals surface area contributed by atoms with Crippen molar-refractivity contribution in [3.05, 3.63) is 28.5 Å². The lowest BCUT2D eigenvalue weighted by Crippen LogP contribution is -1.92. The molecule has 0 aliphatic heterocycles. The van der Waals surface area contributed by atoms with Crippen molar-refractivity contribution in [2.45, 2.75) is 19.8 Å². The largest absolute Gasteiger partial charge is 0.508 e. The third kappa shape index (κ3) is 1.53. The van der Waals surface area contributed by atoms with Gasteiger partial charge in [0, 0.05) is 5.56 Å². The first kappa shape index (κ1) is 9.33. The molecule has 0 heterocycles. The van der Waals surface area contributed by atoms with E-state index in [0.29, 0.717) is 5.56 Å². The number of aromatic hydroxyl groups is 1. The Bertz CT molecular complexity index is 297. The highest BCUT2D eigenvalue weighted by atomic mass is 35.5. The van der Waals surface area contributed by atoms with Crippen LogP contribution in [0.2, 0.25) is 5.02 Å². The van der Waals surface area contributed by atoms with Crippen LogP contribution < -0.4 is 0 Å². The summed E-state index contributed by atoms with van der Waals surface area (Å²) in [5.74, 6) is -0.414. The molecule has 66 valence electrons. The molecule has 0 aliphatic rings. The van der Waals surface area contributed by atoms with E-state index in [0.717, 1.165) is 6.07 Å². The highest BCUT2D eigenvalue weighted by Gasteiger charge is 2.13. The van der Waals surface area contributed by atoms with Crippen LogP contribution in [0.4, 0.5) is 4.39 Å². The van der Waals surface area contributed by atoms with E-state index >= 15 is 0 Å². The number of hydrogen-bond donors (Lipinski definition) is 1. The van der Waals surface area contributed by atoms with Crippen LogP contribution in [0.15, 0.2) is 12.1 Å². The van der Waals surface area contributed by atoms with Gasteiger partial charge in [0.2, 0.25) is 0 Å². The van der Waals surface area contributed by atoms with Crippen LogP contribution in [0.5, 0.6) is 5.75 Å². The number of rotatable bonds is 1. The fourth-order valence-electron chi connectivity index (χ4n) is 1.11. The van der Waals surface area contributed by atoms with Gasteiger partial charge in [-0.25, -0.2) is 4.39 Å². The van der Waals surface area contributed by atoms with Crippen LogP contribution in [-0.2, 0) is 0 Å². The van der Waals surface area contributed by atoms with Crippen LogP contribution in [0.1, 0.15) is 25.3 Å². The standard InChI is InChI=1S/C9H10ClFO/c1-5(2)8-7(12)4-3-6(11)9(8)10/h3-5,12H,1-2H3. The first-order chi connectivity index (χ1) is 5.54. The molecule has 1 rings (SSSR count). The van der Waals surface area contributed by atoms with E-state index in [1.54, 1.807) is 0 Å². The fourth-order valence-corrected chi connectivity index (χ4v) is 1.48. The fraction of sp³-hybridized carbons (Fsp3) is 0.333. The Kier molecular flexibility index (Phi) is 2.58. The Morgan fingerprint density at radius 1 is 1.42 bits per heavy atom. The second-order valence-electron chi connectivity index (χ2n) is 2.95. The lowest BCUT2D eigenvalue weighted by molar-refractivity contribution is 0.462. The molecule has 0 amide bonds. The summed E-state index contributed by atoms with van der Waals surface area (Å²) >= 11 is 5.66. The molecule has 0 aliphatic carbocycles. The zero-order chi connectivity index (χ0) is 9.30. The molecule has 0 saturated heterocycles. The van der Waals surface area contributed by atoms with Gasteiger partial charge in [-0.3, -0.25) is 0 Å². The molecule has 0 fully saturated rings. The summed E-state index contributed by atoms with van der Waals surface area (Å²) in [5.41, 5.74) is 0.469. The summed E-state index contributed by atoms with van der Waals surface area (Å²) in [7, 11) is 0. The second-order valence-corrected chi connectivity index (χ2v) is 3.33. The lowest BCUT2D eigenvalue weighted by Gasteiger charge is -2.10. The average Bonchev–Trinajstić information content (AvgIpc) is 1.97. The molecule has 0 unspecified atom stereocenters. The molecule has 0 saturated carbocycles. The van der Waals surface area contributed by atoms with Crippen molar-refractivity contribution in [3.63, 3.8) is 0 Å². The summed E-state index contributed by atoms with van der Waals surface area (Å²) in [6.45, 7) is 3.70. The Morgan fingerprint density at radius 3 is 2.42 bits per heavy atom. The van der Waals surface area contributed by atoms with Gasteiger partial charge in [-0.15, -0.1) is 0 Å². The van der Waals surface area contributed by atoms with Gasteiger partial charge in [-0.2, -0.15) is 0 Å². The number of phenols is 1. The molecule has 1 aromatic carbocycles. The molecule has 12 heavy (non-hydrogen) atoms. The molecular formula is C9H10ClFO. The van der Waals surface area contributed by atoms with Crippen molar-refractivity contribution < 1.29 is 9.50 Å². The number of hydrogen-bond acceptors (Lipinski definition) is 1. The maximum absolute atomic E-state index is 12.9. The quantitative estimate of drug-likeness (QED) is 0.717. The smallest absolute Gasteiger partial charge is 0.142 e. The molecule has 0 radical (unpaired) electrons. The molecule has 0 bridgehead atoms. The molecule has 1 aromatic rings. The molecule has 1 N–H and O–H groups in total. The van der Waals surface area contributed by atoms with Gasteiger partial charge >= 0.3 is 0 Å². The zero-order valence-electron chi connectivity index (χ0n) is 6.94. The van der Waals surface area contributed by atoms with E-state index in [1.165, 1.54) is 6.07 Å². The summed E-state index contributed by atoms with van der Waals surface area (Å²) in [6.07, 6.45) is 0. The SMILES string of the molecule is CC(C)c1c(O)ccc(F)c1Cl. The minimum absolute atomic E-state index is 0.0185. The maximum atomic E-state index is 12.9. The number of phenolic OH excluding ortho intramolecular Hbond substituents is 1. The minimum Gasteiger partial charge on any atom is -0.508 e. The topological polar surface area (TPSA) is 20.2 Å². The minimum atomic E-state index is -0.488. The van der Waals surface area contributed by atoms with Crippen molar-refractivity contribution in [2.75, 3.05) is 0 Å². The van der Waals surface area contributed by atoms with Crippen LogP contribution in [-0.4, -0.2) is 5.11 Å². The summed E-state index contributed by atoms with van der Waals surface area (Å²) < 4.78 is 12.9. The van der Waals surface area contributed by atoms with Crippen molar-refractivity contribution >= 4 is 11.6 Å². The Balaban J connectivity index is 3.33. The van der Waals surface area contributed by atoms with Gasteiger partial charge in [0.1, 0.15) is 11.6 Å². The molecule has 0 atom stereocenters. The van der Waals surface area contributed by atoms with E-state index in [1.807, 2.05) is 13.8 Å². The van der Waals surface area contributed by atoms with Gasteiger partial charge in [0.05, 0.1) is 5.02 Å². The van der Waals surface area contributed by atoms with E-state index in [-0.39, 0.29) is 16.7 Å². The van der Waals surface area contributed by atoms with Crippen molar-refractivity contribution in [3.8, 4) is 5.75 Å². The predicted molar refractivity (Wildman–Crippen MR) is 47.2 cm³/mol. The molecular weight excluding hydrogens is 179 g/mol. The Hall–Kier alpha value is -0.760. The second kappa shape index (κ2) is 3.31. The van der Waals surface area contributed by atoms with E-state index in [2.05, 4.69) is 0 Å². The van der Waals surface area contributed by atoms with Gasteiger partial charge in [0.25, 0.3) is 0 Å². The number of halogens is 2. The Morgan fingerprint density at radius 2 is 2.00 bits per heavy atom. The molecule has 3 heteroatoms. The number of benzene rings is 1. The van der Waals surface area contributed by atoms with E-state index < -0.39 is 5.82 Å². The van der Waals surface area contributed by atoms with Gasteiger partial charge in [0.15, 0.2) is 0 Å². The summed E-state index contributed by atoms with van der Waals surface area (Å²) in [5, 5.41) is 9.35. The van der Waals surface area contributed by atoms with Gasteiger partial charge in [-0.1, -0.05) is 25.4 Å². The first-order valence-electron chi connectivity index (χ1n) is 3.71. The first-order valence-corrected chi connectivity index (χ1v) is 4.08. The molecule has 1 nitrogen and oxygen atoms in total. The van der Waals surface area contributed by atoms with E-state index in [9.17, 15) is 9.50 Å². The van der Waals surface area contributed by atoms with Crippen LogP contribution in [0, 0.1) is 5.82 Å². The molecule has 0 spiro atoms. The predicted octanol–water partition coefficient (Wildman–Crippen LogP) is 3.31. The Labute approximate surface area is 75.8 Å². The van der Waals surface area contributed by atoms with Crippen LogP contribution in [0.3, 0.4) is 0 Å². The third-order valence-corrected chi connectivity index (χ3v) is 2.07. The average molecular weight is 189 g/mol. The van der Waals surface area contributed by atoms with Crippen molar-refractivity contribution in [1.29, 1.82) is 0 Å². The third-order valence-electron chi connectivity index (χ3n) is 1.69. The monoisotopic (exact) mass is 188 g/mol. The highest BCUT2D eigenvalue weighted by Crippen LogP contribution is 2.33. The lowest BCUT2D eigenvalue weighted by atomic mass is 10.0. The van der Waals surface area contributed by atoms with Crippen LogP contribution >= 0.6 is 11.6 Å². The summed E-state index contributed by atoms with van der Waals surface area (Å²) in [6, 6.07) is 2.47. The summed E-state index contributed by atoms with van der Waals surface area (Å²) in [4.78, 5) is 0. The van der Waals surface area contributed by atoms with Crippen LogP contribution in [0.25, 0.3) is 0 Å². The zero-order valence-corrected chi connectivity index (χ0v) is 7.69. The van der Waals surface area contributed by atoms with Gasteiger partial charge < -0.3 is 5.11 Å². The highest BCUT2D eigenvalue weighted by molar-refractivity contribution is 6.31. The maximum Gasteiger partial charge on any atom is 0.142 e. The molecule has 0 aromatic heterocycles. The van der Waals surface area contributed by atoms with Crippen molar-refractivity contribution in [2.24, 2.45) is 0 Å². The normalized spacial score (nSPS) is 10.8. The van der Waals surface area contributed by atoms with E-state index in [4.69, 9.17) is 11.6 Å². The van der Waals surface area contributed by atoms with Crippen molar-refractivity contribution in [1.82, 2.24) is 0 Å².